The molecule has 0 unspecified atom stereocenters. The number of carbonyl (C=O) groups is 2. The summed E-state index contributed by atoms with van der Waals surface area (Å²) in [6.07, 6.45) is 0.375. The van der Waals surface area contributed by atoms with Crippen molar-refractivity contribution in [3.63, 3.8) is 0 Å². The third kappa shape index (κ3) is 5.35. The summed E-state index contributed by atoms with van der Waals surface area (Å²) in [6.45, 7) is -0.0426. The Morgan fingerprint density at radius 1 is 1.08 bits per heavy atom. The molecule has 0 atom stereocenters. The summed E-state index contributed by atoms with van der Waals surface area (Å²) in [5, 5.41) is 4.92. The number of primary sulfonamides is 1. The Balaban J connectivity index is 1.89. The molecule has 138 valence electrons. The van der Waals surface area contributed by atoms with Gasteiger partial charge in [0.2, 0.25) is 10.0 Å². The molecule has 0 saturated carbocycles. The van der Waals surface area contributed by atoms with E-state index < -0.39 is 21.8 Å². The summed E-state index contributed by atoms with van der Waals surface area (Å²) in [4.78, 5) is 23.5. The average Bonchev–Trinajstić information content (AvgIpc) is 2.58. The minimum atomic E-state index is -4.07. The van der Waals surface area contributed by atoms with Crippen LogP contribution in [0.1, 0.15) is 33.6 Å². The standard InChI is InChI=1S/C17H15ClFNO5S/c18-14-8-5-12(10-16(14)26(20,23)24)17(22)25-9-1-2-15(21)11-3-6-13(19)7-4-11/h3-8,10H,1-2,9H2,(H2,20,23,24). The van der Waals surface area contributed by atoms with Crippen molar-refractivity contribution < 1.29 is 27.1 Å². The topological polar surface area (TPSA) is 104 Å². The number of Topliss-reactive ketones (excluding diaryl/α,β-unsaturated/α-hetero) is 1. The van der Waals surface area contributed by atoms with E-state index in [-0.39, 0.29) is 40.7 Å². The van der Waals surface area contributed by atoms with Gasteiger partial charge < -0.3 is 4.74 Å². The molecule has 0 fully saturated rings. The first-order valence-corrected chi connectivity index (χ1v) is 9.39. The first kappa shape index (κ1) is 20.0. The van der Waals surface area contributed by atoms with Gasteiger partial charge in [-0.25, -0.2) is 22.7 Å². The van der Waals surface area contributed by atoms with E-state index in [2.05, 4.69) is 0 Å². The molecule has 0 heterocycles. The third-order valence-electron chi connectivity index (χ3n) is 3.42. The van der Waals surface area contributed by atoms with E-state index in [1.165, 1.54) is 36.4 Å². The molecule has 0 bridgehead atoms. The molecule has 2 aromatic rings. The largest absolute Gasteiger partial charge is 0.462 e. The number of esters is 1. The lowest BCUT2D eigenvalue weighted by molar-refractivity contribution is 0.0494. The molecule has 2 N–H and O–H groups in total. The smallest absolute Gasteiger partial charge is 0.338 e. The minimum absolute atomic E-state index is 0.0247. The first-order chi connectivity index (χ1) is 12.2. The maximum absolute atomic E-state index is 12.8. The number of hydrogen-bond donors (Lipinski definition) is 1. The van der Waals surface area contributed by atoms with Gasteiger partial charge in [-0.05, 0) is 48.9 Å². The van der Waals surface area contributed by atoms with Crippen LogP contribution in [-0.2, 0) is 14.8 Å². The quantitative estimate of drug-likeness (QED) is 0.438. The summed E-state index contributed by atoms with van der Waals surface area (Å²) in [5.74, 6) is -1.40. The predicted octanol–water partition coefficient (Wildman–Crippen LogP) is 2.95. The molecule has 9 heteroatoms. The van der Waals surface area contributed by atoms with Crippen molar-refractivity contribution in [2.75, 3.05) is 6.61 Å². The van der Waals surface area contributed by atoms with Gasteiger partial charge in [-0.2, -0.15) is 0 Å². The molecule has 0 radical (unpaired) electrons. The molecule has 6 nitrogen and oxygen atoms in total. The van der Waals surface area contributed by atoms with Crippen molar-refractivity contribution in [3.8, 4) is 0 Å². The van der Waals surface area contributed by atoms with Crippen molar-refractivity contribution in [1.82, 2.24) is 0 Å². The highest BCUT2D eigenvalue weighted by atomic mass is 35.5. The molecular formula is C17H15ClFNO5S. The Hall–Kier alpha value is -2.29. The van der Waals surface area contributed by atoms with E-state index in [0.29, 0.717) is 5.56 Å². The summed E-state index contributed by atoms with van der Waals surface area (Å²) in [7, 11) is -4.07. The van der Waals surface area contributed by atoms with Crippen LogP contribution in [-0.4, -0.2) is 26.8 Å². The van der Waals surface area contributed by atoms with Crippen molar-refractivity contribution in [2.24, 2.45) is 5.14 Å². The highest BCUT2D eigenvalue weighted by molar-refractivity contribution is 7.89. The van der Waals surface area contributed by atoms with E-state index in [0.717, 1.165) is 6.07 Å². The number of ketones is 1. The van der Waals surface area contributed by atoms with Crippen LogP contribution in [0.15, 0.2) is 47.4 Å². The second kappa shape index (κ2) is 8.39. The maximum atomic E-state index is 12.8. The van der Waals surface area contributed by atoms with Gasteiger partial charge in [0.25, 0.3) is 0 Å². The predicted molar refractivity (Wildman–Crippen MR) is 93.1 cm³/mol. The highest BCUT2D eigenvalue weighted by Gasteiger charge is 2.17. The van der Waals surface area contributed by atoms with Crippen LogP contribution in [0.5, 0.6) is 0 Å². The molecule has 0 aromatic heterocycles. The van der Waals surface area contributed by atoms with Crippen LogP contribution in [0.3, 0.4) is 0 Å². The maximum Gasteiger partial charge on any atom is 0.338 e. The van der Waals surface area contributed by atoms with Crippen LogP contribution in [0.25, 0.3) is 0 Å². The lowest BCUT2D eigenvalue weighted by Crippen LogP contribution is -2.14. The Morgan fingerprint density at radius 2 is 1.69 bits per heavy atom. The fourth-order valence-electron chi connectivity index (χ4n) is 2.11. The number of ether oxygens (including phenoxy) is 1. The fraction of sp³-hybridized carbons (Fsp3) is 0.176. The minimum Gasteiger partial charge on any atom is -0.462 e. The van der Waals surface area contributed by atoms with Gasteiger partial charge in [0.1, 0.15) is 10.7 Å². The molecule has 0 aliphatic carbocycles. The zero-order chi connectivity index (χ0) is 19.3. The zero-order valence-electron chi connectivity index (χ0n) is 13.4. The lowest BCUT2D eigenvalue weighted by Gasteiger charge is -2.07. The molecule has 0 spiro atoms. The summed E-state index contributed by atoms with van der Waals surface area (Å²) in [5.41, 5.74) is 0.344. The number of carbonyl (C=O) groups excluding carboxylic acids is 2. The van der Waals surface area contributed by atoms with Gasteiger partial charge in [-0.1, -0.05) is 11.6 Å². The van der Waals surface area contributed by atoms with Crippen LogP contribution >= 0.6 is 11.6 Å². The van der Waals surface area contributed by atoms with Crippen molar-refractivity contribution >= 4 is 33.4 Å². The summed E-state index contributed by atoms with van der Waals surface area (Å²) >= 11 is 5.74. The zero-order valence-corrected chi connectivity index (χ0v) is 15.0. The second-order valence-electron chi connectivity index (χ2n) is 5.36. The van der Waals surface area contributed by atoms with Crippen LogP contribution in [0.2, 0.25) is 5.02 Å². The normalized spacial score (nSPS) is 11.2. The second-order valence-corrected chi connectivity index (χ2v) is 7.30. The van der Waals surface area contributed by atoms with Crippen LogP contribution in [0.4, 0.5) is 4.39 Å². The van der Waals surface area contributed by atoms with E-state index >= 15 is 0 Å². The van der Waals surface area contributed by atoms with Crippen molar-refractivity contribution in [1.29, 1.82) is 0 Å². The molecule has 0 aliphatic rings. The van der Waals surface area contributed by atoms with E-state index in [9.17, 15) is 22.4 Å². The number of halogens is 2. The Bertz CT molecular complexity index is 929. The van der Waals surface area contributed by atoms with E-state index in [1.54, 1.807) is 0 Å². The highest BCUT2D eigenvalue weighted by Crippen LogP contribution is 2.22. The van der Waals surface area contributed by atoms with E-state index in [4.69, 9.17) is 21.5 Å². The molecule has 2 aromatic carbocycles. The van der Waals surface area contributed by atoms with Gasteiger partial charge in [0, 0.05) is 12.0 Å². The number of nitrogens with two attached hydrogens (primary N) is 1. The number of rotatable bonds is 7. The molecule has 26 heavy (non-hydrogen) atoms. The molecule has 2 rings (SSSR count). The lowest BCUT2D eigenvalue weighted by atomic mass is 10.1. The van der Waals surface area contributed by atoms with Gasteiger partial charge in [-0.15, -0.1) is 0 Å². The van der Waals surface area contributed by atoms with Crippen molar-refractivity contribution in [2.45, 2.75) is 17.7 Å². The summed E-state index contributed by atoms with van der Waals surface area (Å²) in [6, 6.07) is 8.72. The Kier molecular flexibility index (Phi) is 6.47. The Labute approximate surface area is 154 Å². The molecule has 0 saturated heterocycles. The monoisotopic (exact) mass is 399 g/mol. The van der Waals surface area contributed by atoms with Crippen LogP contribution in [0, 0.1) is 5.82 Å². The fourth-order valence-corrected chi connectivity index (χ4v) is 3.18. The van der Waals surface area contributed by atoms with E-state index in [1.807, 2.05) is 0 Å². The van der Waals surface area contributed by atoms with Gasteiger partial charge >= 0.3 is 5.97 Å². The number of hydrogen-bond acceptors (Lipinski definition) is 5. The molecule has 0 amide bonds. The van der Waals surface area contributed by atoms with Gasteiger partial charge in [0.05, 0.1) is 17.2 Å². The van der Waals surface area contributed by atoms with Crippen molar-refractivity contribution in [3.05, 3.63) is 64.4 Å². The molecule has 0 aliphatic heterocycles. The summed E-state index contributed by atoms with van der Waals surface area (Å²) < 4.78 is 40.6. The third-order valence-corrected chi connectivity index (χ3v) is 4.81. The number of sulfonamides is 1. The molecular weight excluding hydrogens is 385 g/mol. The van der Waals surface area contributed by atoms with Gasteiger partial charge in [-0.3, -0.25) is 4.79 Å². The number of benzene rings is 2. The van der Waals surface area contributed by atoms with Crippen LogP contribution < -0.4 is 5.14 Å². The average molecular weight is 400 g/mol. The van der Waals surface area contributed by atoms with Gasteiger partial charge in [0.15, 0.2) is 5.78 Å². The SMILES string of the molecule is NS(=O)(=O)c1cc(C(=O)OCCCC(=O)c2ccc(F)cc2)ccc1Cl. The Morgan fingerprint density at radius 3 is 2.31 bits per heavy atom. The first-order valence-electron chi connectivity index (χ1n) is 7.47.